The molecule has 0 bridgehead atoms. The van der Waals surface area contributed by atoms with Gasteiger partial charge in [0.25, 0.3) is 0 Å². The van der Waals surface area contributed by atoms with Crippen molar-refractivity contribution in [1.82, 2.24) is 20.5 Å². The summed E-state index contributed by atoms with van der Waals surface area (Å²) in [5.74, 6) is 0.347. The van der Waals surface area contributed by atoms with E-state index in [1.165, 1.54) is 35.1 Å². The molecule has 0 radical (unpaired) electrons. The molecule has 2 aliphatic carbocycles. The number of nitrogens with zero attached hydrogens (tertiary/aromatic N) is 2. The highest BCUT2D eigenvalue weighted by molar-refractivity contribution is 7.92. The van der Waals surface area contributed by atoms with Crippen molar-refractivity contribution in [3.05, 3.63) is 28.3 Å². The normalized spacial score (nSPS) is 19.5. The van der Waals surface area contributed by atoms with Crippen LogP contribution in [0, 0.1) is 0 Å². The van der Waals surface area contributed by atoms with Crippen molar-refractivity contribution in [1.29, 1.82) is 0 Å². The molecule has 132 valence electrons. The molecule has 2 heterocycles. The van der Waals surface area contributed by atoms with Crippen LogP contribution in [0.25, 0.3) is 0 Å². The number of hydrogen-bond acceptors (Lipinski definition) is 6. The number of aryl methyl sites for hydroxylation is 2. The zero-order valence-corrected chi connectivity index (χ0v) is 14.7. The van der Waals surface area contributed by atoms with Crippen LogP contribution in [0.2, 0.25) is 0 Å². The van der Waals surface area contributed by atoms with Crippen LogP contribution < -0.4 is 10.6 Å². The third kappa shape index (κ3) is 2.38. The summed E-state index contributed by atoms with van der Waals surface area (Å²) in [6.07, 6.45) is 6.73. The Morgan fingerprint density at radius 2 is 1.72 bits per heavy atom. The van der Waals surface area contributed by atoms with Crippen molar-refractivity contribution in [2.45, 2.75) is 48.9 Å². The Labute approximate surface area is 146 Å². The van der Waals surface area contributed by atoms with Gasteiger partial charge in [0.15, 0.2) is 0 Å². The molecule has 25 heavy (non-hydrogen) atoms. The van der Waals surface area contributed by atoms with Crippen molar-refractivity contribution in [3.8, 4) is 0 Å². The summed E-state index contributed by atoms with van der Waals surface area (Å²) in [4.78, 5) is 4.24. The van der Waals surface area contributed by atoms with Crippen molar-refractivity contribution in [2.24, 2.45) is 0 Å². The molecule has 8 heteroatoms. The number of nitrogens with one attached hydrogen (secondary N) is 3. The topological polar surface area (TPSA) is 99.8 Å². The van der Waals surface area contributed by atoms with Gasteiger partial charge in [-0.2, -0.15) is 4.98 Å². The summed E-state index contributed by atoms with van der Waals surface area (Å²) >= 11 is 0. The molecule has 1 aliphatic heterocycles. The van der Waals surface area contributed by atoms with E-state index in [4.69, 9.17) is 0 Å². The highest BCUT2D eigenvalue weighted by atomic mass is 32.2. The fraction of sp³-hybridized carbons (Fsp3) is 0.529. The predicted molar refractivity (Wildman–Crippen MR) is 94.0 cm³/mol. The third-order valence-electron chi connectivity index (χ3n) is 5.63. The Kier molecular flexibility index (Phi) is 3.40. The van der Waals surface area contributed by atoms with Crippen molar-refractivity contribution in [2.75, 3.05) is 18.4 Å². The molecule has 2 aromatic rings. The van der Waals surface area contributed by atoms with Gasteiger partial charge in [-0.15, -0.1) is 5.10 Å². The molecule has 1 aromatic heterocycles. The van der Waals surface area contributed by atoms with E-state index in [2.05, 4.69) is 31.9 Å². The van der Waals surface area contributed by atoms with Gasteiger partial charge >= 0.3 is 0 Å². The first kappa shape index (κ1) is 15.3. The number of rotatable bonds is 4. The van der Waals surface area contributed by atoms with Crippen LogP contribution in [0.15, 0.2) is 11.2 Å². The molecule has 1 aromatic carbocycles. The molecular weight excluding hydrogens is 338 g/mol. The average Bonchev–Trinajstić information content (AvgIpc) is 3.24. The minimum absolute atomic E-state index is 0.0364. The first-order valence-corrected chi connectivity index (χ1v) is 10.5. The predicted octanol–water partition coefficient (Wildman–Crippen LogP) is 1.27. The Balaban J connectivity index is 1.49. The maximum Gasteiger partial charge on any atom is 0.247 e. The van der Waals surface area contributed by atoms with Gasteiger partial charge in [-0.1, -0.05) is 6.07 Å². The van der Waals surface area contributed by atoms with Gasteiger partial charge in [-0.3, -0.25) is 0 Å². The van der Waals surface area contributed by atoms with Crippen LogP contribution in [0.3, 0.4) is 0 Å². The monoisotopic (exact) mass is 359 g/mol. The van der Waals surface area contributed by atoms with Crippen LogP contribution in [-0.2, 0) is 35.5 Å². The number of H-pyrrole nitrogens is 1. The Hall–Kier alpha value is -1.93. The number of sulfone groups is 1. The Morgan fingerprint density at radius 3 is 2.32 bits per heavy atom. The minimum Gasteiger partial charge on any atom is -0.322 e. The molecule has 7 nitrogen and oxygen atoms in total. The first-order chi connectivity index (χ1) is 12.1. The summed E-state index contributed by atoms with van der Waals surface area (Å²) in [7, 11) is -3.43. The van der Waals surface area contributed by atoms with Gasteiger partial charge in [0.1, 0.15) is 0 Å². The van der Waals surface area contributed by atoms with Crippen LogP contribution in [0.5, 0.6) is 0 Å². The Bertz CT molecular complexity index is 914. The van der Waals surface area contributed by atoms with E-state index in [-0.39, 0.29) is 5.16 Å². The van der Waals surface area contributed by atoms with Gasteiger partial charge in [-0.25, -0.2) is 13.5 Å². The molecule has 5 rings (SSSR count). The third-order valence-corrected chi connectivity index (χ3v) is 7.56. The lowest BCUT2D eigenvalue weighted by atomic mass is 9.99. The summed E-state index contributed by atoms with van der Waals surface area (Å²) in [5.41, 5.74) is 6.69. The number of hydrogen-bond donors (Lipinski definition) is 3. The van der Waals surface area contributed by atoms with Crippen molar-refractivity contribution < 1.29 is 8.42 Å². The quantitative estimate of drug-likeness (QED) is 0.760. The summed E-state index contributed by atoms with van der Waals surface area (Å²) in [5, 5.41) is 12.6. The number of anilines is 2. The van der Waals surface area contributed by atoms with Crippen molar-refractivity contribution in [3.63, 3.8) is 0 Å². The van der Waals surface area contributed by atoms with E-state index < -0.39 is 15.1 Å². The first-order valence-electron chi connectivity index (χ1n) is 8.93. The zero-order valence-electron chi connectivity index (χ0n) is 13.9. The smallest absolute Gasteiger partial charge is 0.247 e. The zero-order chi connectivity index (χ0) is 17.0. The molecule has 0 saturated carbocycles. The van der Waals surface area contributed by atoms with E-state index in [9.17, 15) is 8.42 Å². The molecule has 0 unspecified atom stereocenters. The average molecular weight is 359 g/mol. The molecule has 3 aliphatic rings. The van der Waals surface area contributed by atoms with E-state index in [1.807, 2.05) is 0 Å². The number of aromatic nitrogens is 3. The molecule has 0 atom stereocenters. The molecule has 1 saturated heterocycles. The highest BCUT2D eigenvalue weighted by Gasteiger charge is 2.35. The number of benzene rings is 1. The van der Waals surface area contributed by atoms with E-state index in [0.29, 0.717) is 19.0 Å². The van der Waals surface area contributed by atoms with Crippen LogP contribution >= 0.6 is 0 Å². The fourth-order valence-corrected chi connectivity index (χ4v) is 5.53. The Morgan fingerprint density at radius 1 is 1.04 bits per heavy atom. The number of aromatic amines is 1. The van der Waals surface area contributed by atoms with Crippen LogP contribution in [0.1, 0.15) is 35.1 Å². The largest absolute Gasteiger partial charge is 0.322 e. The van der Waals surface area contributed by atoms with Gasteiger partial charge in [-0.05, 0) is 60.8 Å². The lowest BCUT2D eigenvalue weighted by Crippen LogP contribution is -2.51. The molecule has 3 N–H and O–H groups in total. The summed E-state index contributed by atoms with van der Waals surface area (Å²) in [6, 6.07) is 2.37. The molecular formula is C17H21N5O2S. The van der Waals surface area contributed by atoms with E-state index >= 15 is 0 Å². The molecule has 0 spiro atoms. The maximum absolute atomic E-state index is 12.5. The second-order valence-corrected chi connectivity index (χ2v) is 9.29. The number of fused-ring (bicyclic) bond motifs is 2. The van der Waals surface area contributed by atoms with Gasteiger partial charge < -0.3 is 10.6 Å². The van der Waals surface area contributed by atoms with Crippen LogP contribution in [-0.4, -0.2) is 41.9 Å². The van der Waals surface area contributed by atoms with Gasteiger partial charge in [0, 0.05) is 18.8 Å². The van der Waals surface area contributed by atoms with Gasteiger partial charge in [0.2, 0.25) is 20.9 Å². The summed E-state index contributed by atoms with van der Waals surface area (Å²) in [6.45, 7) is 0.955. The standard InChI is InChI=1S/C17H21N5O2S/c23-25(24,12-8-18-9-12)17-20-16(21-22-17)19-15-13-5-1-3-10(13)7-11-4-2-6-14(11)15/h7,12,18H,1-6,8-9H2,(H2,19,20,21,22). The lowest BCUT2D eigenvalue weighted by Gasteiger charge is -2.25. The minimum atomic E-state index is -3.43. The van der Waals surface area contributed by atoms with Gasteiger partial charge in [0.05, 0.1) is 5.25 Å². The second kappa shape index (κ2) is 5.54. The van der Waals surface area contributed by atoms with Crippen molar-refractivity contribution >= 4 is 21.5 Å². The van der Waals surface area contributed by atoms with E-state index in [0.717, 1.165) is 31.4 Å². The maximum atomic E-state index is 12.5. The SMILES string of the molecule is O=S(=O)(c1nc(Nc2c3c(cc4c2CCC4)CCC3)n[nH]1)C1CNC1. The lowest BCUT2D eigenvalue weighted by molar-refractivity contribution is 0.491. The highest BCUT2D eigenvalue weighted by Crippen LogP contribution is 2.39. The summed E-state index contributed by atoms with van der Waals surface area (Å²) < 4.78 is 24.9. The second-order valence-electron chi connectivity index (χ2n) is 7.15. The molecule has 0 amide bonds. The van der Waals surface area contributed by atoms with Crippen LogP contribution in [0.4, 0.5) is 11.6 Å². The fourth-order valence-electron chi connectivity index (χ4n) is 4.15. The van der Waals surface area contributed by atoms with E-state index in [1.54, 1.807) is 0 Å². The molecule has 1 fully saturated rings.